The van der Waals surface area contributed by atoms with Crippen molar-refractivity contribution in [3.05, 3.63) is 106 Å². The Morgan fingerprint density at radius 3 is 2.26 bits per heavy atom. The average molecular weight is 593 g/mol. The van der Waals surface area contributed by atoms with Crippen molar-refractivity contribution in [1.82, 2.24) is 5.32 Å². The van der Waals surface area contributed by atoms with Crippen LogP contribution in [0.25, 0.3) is 0 Å². The topological polar surface area (TPSA) is 85.9 Å². The van der Waals surface area contributed by atoms with E-state index in [1.807, 2.05) is 12.1 Å². The third-order valence-corrected chi connectivity index (χ3v) is 7.85. The number of halogens is 3. The minimum Gasteiger partial charge on any atom is -0.497 e. The Labute approximate surface area is 247 Å². The van der Waals surface area contributed by atoms with Crippen LogP contribution in [0.1, 0.15) is 48.3 Å². The van der Waals surface area contributed by atoms with Crippen molar-refractivity contribution in [2.45, 2.75) is 37.8 Å². The normalized spacial score (nSPS) is 18.5. The quantitative estimate of drug-likeness (QED) is 0.317. The van der Waals surface area contributed by atoms with Gasteiger partial charge >= 0.3 is 6.18 Å². The number of ether oxygens (including phenoxy) is 3. The van der Waals surface area contributed by atoms with Gasteiger partial charge in [0.15, 0.2) is 17.3 Å². The zero-order valence-electron chi connectivity index (χ0n) is 24.1. The number of benzene rings is 3. The molecule has 2 atom stereocenters. The Kier molecular flexibility index (Phi) is 8.21. The number of carbonyl (C=O) groups is 2. The number of alkyl halides is 3. The molecule has 7 nitrogen and oxygen atoms in total. The van der Waals surface area contributed by atoms with Crippen LogP contribution in [0.3, 0.4) is 0 Å². The molecule has 2 N–H and O–H groups in total. The second kappa shape index (κ2) is 11.9. The number of hydrogen-bond acceptors (Lipinski definition) is 6. The van der Waals surface area contributed by atoms with Gasteiger partial charge in [0.2, 0.25) is 0 Å². The molecule has 2 aliphatic rings. The summed E-state index contributed by atoms with van der Waals surface area (Å²) in [6.45, 7) is 1.69. The molecule has 0 fully saturated rings. The number of hydrogen-bond donors (Lipinski definition) is 2. The van der Waals surface area contributed by atoms with Crippen LogP contribution in [0.4, 0.5) is 18.9 Å². The maximum atomic E-state index is 13.9. The van der Waals surface area contributed by atoms with Crippen LogP contribution >= 0.6 is 0 Å². The molecular weight excluding hydrogens is 561 g/mol. The molecule has 0 bridgehead atoms. The Morgan fingerprint density at radius 2 is 1.60 bits per heavy atom. The lowest BCUT2D eigenvalue weighted by atomic mass is 9.71. The second-order valence-electron chi connectivity index (χ2n) is 10.4. The number of nitrogens with one attached hydrogen (secondary N) is 2. The van der Waals surface area contributed by atoms with Crippen LogP contribution in [-0.2, 0) is 15.8 Å². The predicted molar refractivity (Wildman–Crippen MR) is 155 cm³/mol. The minimum absolute atomic E-state index is 0.109. The van der Waals surface area contributed by atoms with E-state index in [-0.39, 0.29) is 29.3 Å². The Balaban J connectivity index is 1.57. The van der Waals surface area contributed by atoms with Gasteiger partial charge in [-0.2, -0.15) is 13.2 Å². The summed E-state index contributed by atoms with van der Waals surface area (Å²) < 4.78 is 57.3. The van der Waals surface area contributed by atoms with Gasteiger partial charge in [0.25, 0.3) is 5.91 Å². The first-order valence-electron chi connectivity index (χ1n) is 13.6. The molecule has 1 amide bonds. The molecule has 1 aliphatic heterocycles. The number of allylic oxidation sites excluding steroid dienone is 3. The van der Waals surface area contributed by atoms with E-state index in [0.717, 1.165) is 17.7 Å². The molecule has 0 spiro atoms. The van der Waals surface area contributed by atoms with Crippen LogP contribution in [-0.4, -0.2) is 33.0 Å². The summed E-state index contributed by atoms with van der Waals surface area (Å²) in [6, 6.07) is 17.0. The van der Waals surface area contributed by atoms with Crippen LogP contribution in [0.2, 0.25) is 0 Å². The lowest BCUT2D eigenvalue weighted by molar-refractivity contribution is -0.137. The predicted octanol–water partition coefficient (Wildman–Crippen LogP) is 6.73. The zero-order chi connectivity index (χ0) is 30.9. The molecule has 43 heavy (non-hydrogen) atoms. The number of rotatable bonds is 7. The van der Waals surface area contributed by atoms with E-state index in [9.17, 15) is 22.8 Å². The Morgan fingerprint density at radius 1 is 0.884 bits per heavy atom. The van der Waals surface area contributed by atoms with Crippen LogP contribution in [0, 0.1) is 0 Å². The van der Waals surface area contributed by atoms with Gasteiger partial charge in [-0.05, 0) is 72.9 Å². The molecular formula is C33H31F3N2O5. The number of ketones is 1. The largest absolute Gasteiger partial charge is 0.497 e. The molecule has 0 unspecified atom stereocenters. The highest BCUT2D eigenvalue weighted by molar-refractivity contribution is 6.10. The van der Waals surface area contributed by atoms with Crippen LogP contribution in [0.5, 0.6) is 17.2 Å². The molecule has 3 aromatic rings. The van der Waals surface area contributed by atoms with Gasteiger partial charge in [0.05, 0.1) is 26.9 Å². The first-order valence-corrected chi connectivity index (χ1v) is 13.6. The summed E-state index contributed by atoms with van der Waals surface area (Å²) in [6.07, 6.45) is -4.08. The highest BCUT2D eigenvalue weighted by Gasteiger charge is 2.42. The van der Waals surface area contributed by atoms with Gasteiger partial charge in [-0.1, -0.05) is 24.3 Å². The van der Waals surface area contributed by atoms with E-state index in [1.165, 1.54) is 33.5 Å². The van der Waals surface area contributed by atoms with Crippen molar-refractivity contribution in [2.75, 3.05) is 26.6 Å². The molecule has 0 saturated heterocycles. The van der Waals surface area contributed by atoms with Gasteiger partial charge in [-0.15, -0.1) is 0 Å². The van der Waals surface area contributed by atoms with Gasteiger partial charge in [-0.25, -0.2) is 0 Å². The summed E-state index contributed by atoms with van der Waals surface area (Å²) in [5.74, 6) is -0.323. The van der Waals surface area contributed by atoms with Crippen molar-refractivity contribution < 1.29 is 37.0 Å². The van der Waals surface area contributed by atoms with Gasteiger partial charge in [-0.3, -0.25) is 9.59 Å². The smallest absolute Gasteiger partial charge is 0.416 e. The maximum absolute atomic E-state index is 13.9. The summed E-state index contributed by atoms with van der Waals surface area (Å²) in [4.78, 5) is 27.7. The van der Waals surface area contributed by atoms with E-state index in [2.05, 4.69) is 10.6 Å². The first kappa shape index (κ1) is 29.8. The molecule has 224 valence electrons. The summed E-state index contributed by atoms with van der Waals surface area (Å²) in [5, 5.41) is 6.09. The second-order valence-corrected chi connectivity index (χ2v) is 10.4. The van der Waals surface area contributed by atoms with Gasteiger partial charge in [0, 0.05) is 40.6 Å². The SMILES string of the molecule is COc1ccc(NC(=O)C2=C(C)NC3=C(C(=O)C[C@@H](c4ccc(OC)c(OC)c4)C3)[C@@H]2c2cccc(C(F)(F)F)c2)cc1. The zero-order valence-corrected chi connectivity index (χ0v) is 24.1. The summed E-state index contributed by atoms with van der Waals surface area (Å²) in [5.41, 5.74) is 2.18. The van der Waals surface area contributed by atoms with E-state index < -0.39 is 23.6 Å². The molecule has 0 aromatic heterocycles. The molecule has 0 radical (unpaired) electrons. The van der Waals surface area contributed by atoms with Crippen molar-refractivity contribution in [2.24, 2.45) is 0 Å². The monoisotopic (exact) mass is 592 g/mol. The summed E-state index contributed by atoms with van der Waals surface area (Å²) >= 11 is 0. The number of amides is 1. The van der Waals surface area contributed by atoms with Crippen LogP contribution in [0.15, 0.2) is 89.3 Å². The third-order valence-electron chi connectivity index (χ3n) is 7.85. The summed E-state index contributed by atoms with van der Waals surface area (Å²) in [7, 11) is 4.59. The maximum Gasteiger partial charge on any atom is 0.416 e. The molecule has 5 rings (SSSR count). The third kappa shape index (κ3) is 5.95. The molecule has 1 heterocycles. The van der Waals surface area contributed by atoms with Gasteiger partial charge in [0.1, 0.15) is 5.75 Å². The van der Waals surface area contributed by atoms with Crippen molar-refractivity contribution in [3.63, 3.8) is 0 Å². The fourth-order valence-electron chi connectivity index (χ4n) is 5.78. The Bertz CT molecular complexity index is 1630. The van der Waals surface area contributed by atoms with E-state index in [4.69, 9.17) is 14.2 Å². The van der Waals surface area contributed by atoms with Crippen molar-refractivity contribution >= 4 is 17.4 Å². The van der Waals surface area contributed by atoms with Crippen molar-refractivity contribution in [3.8, 4) is 17.2 Å². The fraction of sp³-hybridized carbons (Fsp3) is 0.273. The first-order chi connectivity index (χ1) is 20.5. The van der Waals surface area contributed by atoms with Crippen LogP contribution < -0.4 is 24.8 Å². The average Bonchev–Trinajstić information content (AvgIpc) is 2.99. The number of anilines is 1. The molecule has 10 heteroatoms. The fourth-order valence-corrected chi connectivity index (χ4v) is 5.78. The lowest BCUT2D eigenvalue weighted by Gasteiger charge is -2.37. The molecule has 0 saturated carbocycles. The van der Waals surface area contributed by atoms with E-state index >= 15 is 0 Å². The van der Waals surface area contributed by atoms with Gasteiger partial charge < -0.3 is 24.8 Å². The number of carbonyl (C=O) groups excluding carboxylic acids is 2. The Hall–Kier alpha value is -4.73. The highest BCUT2D eigenvalue weighted by atomic mass is 19.4. The van der Waals surface area contributed by atoms with Crippen molar-refractivity contribution in [1.29, 1.82) is 0 Å². The van der Waals surface area contributed by atoms with E-state index in [0.29, 0.717) is 46.3 Å². The lowest BCUT2D eigenvalue weighted by Crippen LogP contribution is -2.37. The molecule has 1 aliphatic carbocycles. The number of dihydropyridines is 1. The van der Waals surface area contributed by atoms with E-state index in [1.54, 1.807) is 37.3 Å². The number of Topliss-reactive ketones (excluding diaryl/α,β-unsaturated/α-hetero) is 1. The molecule has 3 aromatic carbocycles. The highest BCUT2D eigenvalue weighted by Crippen LogP contribution is 2.47. The minimum atomic E-state index is -4.60. The standard InChI is InChI=1S/C33H31F3N2O5/c1-18-29(32(40)38-23-9-11-24(41-2)12-10-23)30(20-6-5-7-22(14-20)33(34,35)36)31-25(37-18)15-21(16-26(31)39)19-8-13-27(42-3)28(17-19)43-4/h5-14,17,21,30,37H,15-16H2,1-4H3,(H,38,40)/t21-,30+/m0/s1. The number of methoxy groups -OCH3 is 3.